The standard InChI is InChI=1S/C10H12N2O2/c1-14-8-3-4-9(11)7(6-8)2-5-10(12)13/h2-6H,11H2,1H3,(H2,12,13). The highest BCUT2D eigenvalue weighted by molar-refractivity contribution is 5.91. The number of carbonyl (C=O) groups is 1. The third kappa shape index (κ3) is 2.52. The molecule has 1 rings (SSSR count). The van der Waals surface area contributed by atoms with Crippen molar-refractivity contribution in [3.63, 3.8) is 0 Å². The van der Waals surface area contributed by atoms with Crippen molar-refractivity contribution in [2.45, 2.75) is 0 Å². The zero-order chi connectivity index (χ0) is 10.6. The number of rotatable bonds is 3. The number of primary amides is 1. The highest BCUT2D eigenvalue weighted by Crippen LogP contribution is 2.20. The first-order valence-corrected chi connectivity index (χ1v) is 4.04. The van der Waals surface area contributed by atoms with Crippen molar-refractivity contribution in [3.05, 3.63) is 29.8 Å². The molecule has 4 nitrogen and oxygen atoms in total. The van der Waals surface area contributed by atoms with Gasteiger partial charge in [0, 0.05) is 17.3 Å². The van der Waals surface area contributed by atoms with Crippen LogP contribution < -0.4 is 16.2 Å². The van der Waals surface area contributed by atoms with Crippen molar-refractivity contribution in [1.29, 1.82) is 0 Å². The van der Waals surface area contributed by atoms with Gasteiger partial charge in [-0.1, -0.05) is 0 Å². The zero-order valence-corrected chi connectivity index (χ0v) is 7.86. The minimum absolute atomic E-state index is 0.507. The van der Waals surface area contributed by atoms with Crippen LogP contribution in [0.25, 0.3) is 6.08 Å². The fraction of sp³-hybridized carbons (Fsp3) is 0.100. The van der Waals surface area contributed by atoms with Crippen molar-refractivity contribution in [1.82, 2.24) is 0 Å². The lowest BCUT2D eigenvalue weighted by Crippen LogP contribution is -2.05. The van der Waals surface area contributed by atoms with Crippen LogP contribution in [-0.4, -0.2) is 13.0 Å². The minimum atomic E-state index is -0.507. The van der Waals surface area contributed by atoms with Crippen LogP contribution in [-0.2, 0) is 4.79 Å². The number of amides is 1. The van der Waals surface area contributed by atoms with Gasteiger partial charge >= 0.3 is 0 Å². The van der Waals surface area contributed by atoms with Gasteiger partial charge < -0.3 is 16.2 Å². The number of ether oxygens (including phenoxy) is 1. The predicted molar refractivity (Wildman–Crippen MR) is 55.6 cm³/mol. The lowest BCUT2D eigenvalue weighted by Gasteiger charge is -2.03. The summed E-state index contributed by atoms with van der Waals surface area (Å²) in [5.41, 5.74) is 11.9. The van der Waals surface area contributed by atoms with Gasteiger partial charge in [0.15, 0.2) is 0 Å². The summed E-state index contributed by atoms with van der Waals surface area (Å²) in [5, 5.41) is 0. The van der Waals surface area contributed by atoms with Gasteiger partial charge in [-0.05, 0) is 24.3 Å². The third-order valence-electron chi connectivity index (χ3n) is 1.72. The van der Waals surface area contributed by atoms with Crippen molar-refractivity contribution < 1.29 is 9.53 Å². The van der Waals surface area contributed by atoms with Crippen LogP contribution in [0.2, 0.25) is 0 Å². The maximum Gasteiger partial charge on any atom is 0.241 e. The summed E-state index contributed by atoms with van der Waals surface area (Å²) in [5.74, 6) is 0.176. The van der Waals surface area contributed by atoms with Crippen molar-refractivity contribution in [3.8, 4) is 5.75 Å². The fourth-order valence-corrected chi connectivity index (χ4v) is 0.996. The van der Waals surface area contributed by atoms with Crippen LogP contribution in [0.15, 0.2) is 24.3 Å². The van der Waals surface area contributed by atoms with E-state index in [1.165, 1.54) is 6.08 Å². The van der Waals surface area contributed by atoms with Gasteiger partial charge in [0.25, 0.3) is 0 Å². The molecule has 0 saturated carbocycles. The molecular formula is C10H12N2O2. The summed E-state index contributed by atoms with van der Waals surface area (Å²) in [6, 6.07) is 5.19. The molecule has 4 N–H and O–H groups in total. The van der Waals surface area contributed by atoms with Crippen LogP contribution in [0.4, 0.5) is 5.69 Å². The number of nitrogens with two attached hydrogens (primary N) is 2. The molecule has 0 saturated heterocycles. The average Bonchev–Trinajstić information content (AvgIpc) is 2.16. The number of nitrogen functional groups attached to an aromatic ring is 1. The lowest BCUT2D eigenvalue weighted by molar-refractivity contribution is -0.113. The van der Waals surface area contributed by atoms with E-state index in [0.717, 1.165) is 0 Å². The normalized spacial score (nSPS) is 10.4. The van der Waals surface area contributed by atoms with Crippen molar-refractivity contribution >= 4 is 17.7 Å². The molecule has 0 atom stereocenters. The molecule has 1 aromatic rings. The first-order chi connectivity index (χ1) is 6.63. The number of methoxy groups -OCH3 is 1. The van der Waals surface area contributed by atoms with Crippen LogP contribution in [0, 0.1) is 0 Å². The van der Waals surface area contributed by atoms with Crippen molar-refractivity contribution in [2.24, 2.45) is 5.73 Å². The van der Waals surface area contributed by atoms with E-state index < -0.39 is 5.91 Å². The Hall–Kier alpha value is -1.97. The summed E-state index contributed by atoms with van der Waals surface area (Å²) >= 11 is 0. The number of carbonyl (C=O) groups excluding carboxylic acids is 1. The van der Waals surface area contributed by atoms with Gasteiger partial charge in [0.2, 0.25) is 5.91 Å². The molecule has 1 aromatic carbocycles. The van der Waals surface area contributed by atoms with E-state index in [-0.39, 0.29) is 0 Å². The summed E-state index contributed by atoms with van der Waals surface area (Å²) in [6.07, 6.45) is 2.81. The molecule has 0 heterocycles. The molecule has 0 fully saturated rings. The van der Waals surface area contributed by atoms with Gasteiger partial charge in [-0.25, -0.2) is 0 Å². The van der Waals surface area contributed by atoms with Crippen LogP contribution in [0.5, 0.6) is 5.75 Å². The van der Waals surface area contributed by atoms with Gasteiger partial charge in [0.05, 0.1) is 7.11 Å². The van der Waals surface area contributed by atoms with E-state index in [4.69, 9.17) is 16.2 Å². The van der Waals surface area contributed by atoms with Gasteiger partial charge in [-0.15, -0.1) is 0 Å². The third-order valence-corrected chi connectivity index (χ3v) is 1.72. The Bertz CT molecular complexity index is 372. The second-order valence-electron chi connectivity index (χ2n) is 2.73. The predicted octanol–water partition coefficient (Wildman–Crippen LogP) is 0.776. The lowest BCUT2D eigenvalue weighted by atomic mass is 10.1. The quantitative estimate of drug-likeness (QED) is 0.548. The highest BCUT2D eigenvalue weighted by Gasteiger charge is 1.98. The van der Waals surface area contributed by atoms with Gasteiger partial charge in [0.1, 0.15) is 5.75 Å². The second kappa shape index (κ2) is 4.32. The first kappa shape index (κ1) is 10.1. The summed E-state index contributed by atoms with van der Waals surface area (Å²) in [4.78, 5) is 10.5. The minimum Gasteiger partial charge on any atom is -0.497 e. The second-order valence-corrected chi connectivity index (χ2v) is 2.73. The Kier molecular flexibility index (Phi) is 3.12. The number of hydrogen-bond donors (Lipinski definition) is 2. The van der Waals surface area contributed by atoms with E-state index in [1.54, 1.807) is 31.4 Å². The molecule has 0 unspecified atom stereocenters. The first-order valence-electron chi connectivity index (χ1n) is 4.04. The smallest absolute Gasteiger partial charge is 0.241 e. The molecule has 0 radical (unpaired) electrons. The summed E-state index contributed by atoms with van der Waals surface area (Å²) < 4.78 is 5.01. The van der Waals surface area contributed by atoms with E-state index >= 15 is 0 Å². The molecule has 0 spiro atoms. The molecule has 0 aliphatic heterocycles. The highest BCUT2D eigenvalue weighted by atomic mass is 16.5. The number of anilines is 1. The van der Waals surface area contributed by atoms with Crippen LogP contribution in [0.3, 0.4) is 0 Å². The SMILES string of the molecule is COc1ccc(N)c(C=CC(N)=O)c1. The van der Waals surface area contributed by atoms with Crippen LogP contribution in [0.1, 0.15) is 5.56 Å². The molecule has 4 heteroatoms. The Morgan fingerprint density at radius 1 is 1.50 bits per heavy atom. The maximum atomic E-state index is 10.5. The van der Waals surface area contributed by atoms with Gasteiger partial charge in [-0.3, -0.25) is 4.79 Å². The van der Waals surface area contributed by atoms with E-state index in [1.807, 2.05) is 0 Å². The Morgan fingerprint density at radius 2 is 2.21 bits per heavy atom. The van der Waals surface area contributed by atoms with E-state index in [0.29, 0.717) is 17.0 Å². The molecule has 0 aliphatic carbocycles. The molecule has 74 valence electrons. The Morgan fingerprint density at radius 3 is 2.79 bits per heavy atom. The molecule has 14 heavy (non-hydrogen) atoms. The monoisotopic (exact) mass is 192 g/mol. The average molecular weight is 192 g/mol. The summed E-state index contributed by atoms with van der Waals surface area (Å²) in [7, 11) is 1.56. The molecule has 0 bridgehead atoms. The molecule has 0 aliphatic rings. The largest absolute Gasteiger partial charge is 0.497 e. The maximum absolute atomic E-state index is 10.5. The zero-order valence-electron chi connectivity index (χ0n) is 7.86. The molecular weight excluding hydrogens is 180 g/mol. The number of benzene rings is 1. The van der Waals surface area contributed by atoms with Gasteiger partial charge in [-0.2, -0.15) is 0 Å². The summed E-state index contributed by atoms with van der Waals surface area (Å²) in [6.45, 7) is 0. The van der Waals surface area contributed by atoms with Crippen LogP contribution >= 0.6 is 0 Å². The Balaban J connectivity index is 3.00. The Labute approximate surface area is 82.2 Å². The van der Waals surface area contributed by atoms with Crippen molar-refractivity contribution in [2.75, 3.05) is 12.8 Å². The van der Waals surface area contributed by atoms with E-state index in [2.05, 4.69) is 0 Å². The topological polar surface area (TPSA) is 78.3 Å². The number of hydrogen-bond acceptors (Lipinski definition) is 3. The van der Waals surface area contributed by atoms with E-state index in [9.17, 15) is 4.79 Å². The fourth-order valence-electron chi connectivity index (χ4n) is 0.996. The molecule has 1 amide bonds. The molecule has 0 aromatic heterocycles.